The van der Waals surface area contributed by atoms with Crippen LogP contribution in [0.25, 0.3) is 0 Å². The van der Waals surface area contributed by atoms with Gasteiger partial charge in [-0.3, -0.25) is 14.5 Å². The van der Waals surface area contributed by atoms with E-state index in [1.807, 2.05) is 13.8 Å². The summed E-state index contributed by atoms with van der Waals surface area (Å²) in [6.07, 6.45) is 0.420. The lowest BCUT2D eigenvalue weighted by Gasteiger charge is -2.40. The molecule has 1 aromatic carbocycles. The molecule has 1 heterocycles. The number of nitrogens with zero attached hydrogens (tertiary/aromatic N) is 1. The molecule has 0 spiro atoms. The van der Waals surface area contributed by atoms with Crippen molar-refractivity contribution in [2.24, 2.45) is 5.92 Å². The quantitative estimate of drug-likeness (QED) is 0.905. The predicted molar refractivity (Wildman–Crippen MR) is 82.4 cm³/mol. The van der Waals surface area contributed by atoms with Gasteiger partial charge in [-0.05, 0) is 40.4 Å². The summed E-state index contributed by atoms with van der Waals surface area (Å²) in [5, 5.41) is 2.74. The first kappa shape index (κ1) is 15.9. The normalized spacial score (nSPS) is 22.7. The molecule has 2 unspecified atom stereocenters. The summed E-state index contributed by atoms with van der Waals surface area (Å²) in [4.78, 5) is 26.3. The van der Waals surface area contributed by atoms with E-state index < -0.39 is 17.9 Å². The van der Waals surface area contributed by atoms with Gasteiger partial charge in [0, 0.05) is 4.47 Å². The first-order valence-electron chi connectivity index (χ1n) is 6.96. The van der Waals surface area contributed by atoms with Crippen LogP contribution < -0.4 is 10.2 Å². The molecule has 1 N–H and O–H groups in total. The molecule has 21 heavy (non-hydrogen) atoms. The van der Waals surface area contributed by atoms with Crippen molar-refractivity contribution in [1.29, 1.82) is 0 Å². The lowest BCUT2D eigenvalue weighted by Crippen LogP contribution is -2.65. The van der Waals surface area contributed by atoms with Crippen molar-refractivity contribution in [2.45, 2.75) is 39.3 Å². The Balaban J connectivity index is 2.55. The van der Waals surface area contributed by atoms with Gasteiger partial charge >= 0.3 is 0 Å². The van der Waals surface area contributed by atoms with Gasteiger partial charge in [0.2, 0.25) is 5.91 Å². The molecule has 1 saturated heterocycles. The highest BCUT2D eigenvalue weighted by molar-refractivity contribution is 9.10. The summed E-state index contributed by atoms with van der Waals surface area (Å²) in [6, 6.07) is 3.18. The van der Waals surface area contributed by atoms with Crippen LogP contribution in [0.3, 0.4) is 0 Å². The molecule has 6 heteroatoms. The van der Waals surface area contributed by atoms with E-state index in [2.05, 4.69) is 21.2 Å². The van der Waals surface area contributed by atoms with Crippen LogP contribution in [0.15, 0.2) is 22.7 Å². The molecular weight excluding hydrogens is 339 g/mol. The maximum absolute atomic E-state index is 14.2. The number of carbonyl (C=O) groups excluding carboxylic acids is 2. The van der Waals surface area contributed by atoms with E-state index in [1.54, 1.807) is 19.1 Å². The van der Waals surface area contributed by atoms with Gasteiger partial charge in [-0.2, -0.15) is 0 Å². The second-order valence-electron chi connectivity index (χ2n) is 5.43. The molecule has 0 bridgehead atoms. The highest BCUT2D eigenvalue weighted by Crippen LogP contribution is 2.33. The third-order valence-corrected chi connectivity index (χ3v) is 4.29. The zero-order chi connectivity index (χ0) is 15.7. The van der Waals surface area contributed by atoms with Gasteiger partial charge in [-0.15, -0.1) is 0 Å². The molecule has 0 aromatic heterocycles. The fraction of sp³-hybridized carbons (Fsp3) is 0.467. The molecule has 1 aliphatic heterocycles. The third kappa shape index (κ3) is 2.81. The second kappa shape index (κ2) is 6.13. The molecule has 2 atom stereocenters. The van der Waals surface area contributed by atoms with Gasteiger partial charge in [-0.1, -0.05) is 26.8 Å². The molecule has 0 aliphatic carbocycles. The van der Waals surface area contributed by atoms with E-state index in [0.29, 0.717) is 10.9 Å². The van der Waals surface area contributed by atoms with E-state index in [1.165, 1.54) is 11.0 Å². The third-order valence-electron chi connectivity index (χ3n) is 3.65. The van der Waals surface area contributed by atoms with Gasteiger partial charge < -0.3 is 5.32 Å². The monoisotopic (exact) mass is 356 g/mol. The molecule has 2 rings (SSSR count). The molecule has 114 valence electrons. The topological polar surface area (TPSA) is 49.4 Å². The standard InChI is InChI=1S/C15H18BrFN2O2/c1-4-11-14(20)18-12(8(2)3)15(21)19(11)13-9(16)6-5-7-10(13)17/h5-8,11-12H,4H2,1-3H3,(H,18,20). The zero-order valence-electron chi connectivity index (χ0n) is 12.2. The fourth-order valence-electron chi connectivity index (χ4n) is 2.54. The van der Waals surface area contributed by atoms with Crippen molar-refractivity contribution < 1.29 is 14.0 Å². The van der Waals surface area contributed by atoms with Crippen molar-refractivity contribution in [2.75, 3.05) is 4.90 Å². The summed E-state index contributed by atoms with van der Waals surface area (Å²) in [5.41, 5.74) is 0.134. The second-order valence-corrected chi connectivity index (χ2v) is 6.29. The summed E-state index contributed by atoms with van der Waals surface area (Å²) >= 11 is 3.28. The largest absolute Gasteiger partial charge is 0.342 e. The number of amides is 2. The van der Waals surface area contributed by atoms with Crippen molar-refractivity contribution >= 4 is 33.4 Å². The van der Waals surface area contributed by atoms with Crippen LogP contribution in [-0.4, -0.2) is 23.9 Å². The Hall–Kier alpha value is -1.43. The first-order chi connectivity index (χ1) is 9.88. The minimum Gasteiger partial charge on any atom is -0.342 e. The van der Waals surface area contributed by atoms with Gasteiger partial charge in [-0.25, -0.2) is 4.39 Å². The number of anilines is 1. The lowest BCUT2D eigenvalue weighted by atomic mass is 9.96. The van der Waals surface area contributed by atoms with Crippen molar-refractivity contribution in [3.63, 3.8) is 0 Å². The van der Waals surface area contributed by atoms with Crippen LogP contribution >= 0.6 is 15.9 Å². The van der Waals surface area contributed by atoms with Crippen LogP contribution in [0.1, 0.15) is 27.2 Å². The number of piperazine rings is 1. The van der Waals surface area contributed by atoms with Crippen LogP contribution in [0, 0.1) is 11.7 Å². The smallest absolute Gasteiger partial charge is 0.250 e. The lowest BCUT2D eigenvalue weighted by molar-refractivity contribution is -0.135. The first-order valence-corrected chi connectivity index (χ1v) is 7.75. The van der Waals surface area contributed by atoms with E-state index in [0.717, 1.165) is 0 Å². The van der Waals surface area contributed by atoms with E-state index in [4.69, 9.17) is 0 Å². The minimum atomic E-state index is -0.694. The van der Waals surface area contributed by atoms with Gasteiger partial charge in [0.05, 0.1) is 5.69 Å². The Kier molecular flexibility index (Phi) is 4.66. The number of halogens is 2. The Morgan fingerprint density at radius 3 is 2.57 bits per heavy atom. The molecule has 0 radical (unpaired) electrons. The van der Waals surface area contributed by atoms with Crippen LogP contribution in [0.4, 0.5) is 10.1 Å². The number of hydrogen-bond donors (Lipinski definition) is 1. The fourth-order valence-corrected chi connectivity index (χ4v) is 3.07. The average molecular weight is 357 g/mol. The number of carbonyl (C=O) groups is 2. The number of hydrogen-bond acceptors (Lipinski definition) is 2. The maximum Gasteiger partial charge on any atom is 0.250 e. The summed E-state index contributed by atoms with van der Waals surface area (Å²) in [5.74, 6) is -1.10. The maximum atomic E-state index is 14.2. The van der Waals surface area contributed by atoms with Crippen LogP contribution in [0.5, 0.6) is 0 Å². The van der Waals surface area contributed by atoms with Gasteiger partial charge in [0.1, 0.15) is 17.9 Å². The molecule has 2 amide bonds. The molecule has 1 aliphatic rings. The van der Waals surface area contributed by atoms with Crippen molar-refractivity contribution in [3.05, 3.63) is 28.5 Å². The zero-order valence-corrected chi connectivity index (χ0v) is 13.8. The van der Waals surface area contributed by atoms with Crippen molar-refractivity contribution in [3.8, 4) is 0 Å². The SMILES string of the molecule is CCC1C(=O)NC(C(C)C)C(=O)N1c1c(F)cccc1Br. The molecule has 4 nitrogen and oxygen atoms in total. The highest BCUT2D eigenvalue weighted by atomic mass is 79.9. The summed E-state index contributed by atoms with van der Waals surface area (Å²) < 4.78 is 14.7. The number of nitrogens with one attached hydrogen (secondary N) is 1. The highest BCUT2D eigenvalue weighted by Gasteiger charge is 2.43. The van der Waals surface area contributed by atoms with Gasteiger partial charge in [0.15, 0.2) is 0 Å². The van der Waals surface area contributed by atoms with E-state index in [-0.39, 0.29) is 23.4 Å². The van der Waals surface area contributed by atoms with Crippen LogP contribution in [-0.2, 0) is 9.59 Å². The van der Waals surface area contributed by atoms with E-state index in [9.17, 15) is 14.0 Å². The average Bonchev–Trinajstić information content (AvgIpc) is 2.41. The Labute approximate surface area is 131 Å². The molecule has 1 aromatic rings. The minimum absolute atomic E-state index is 0.0627. The van der Waals surface area contributed by atoms with Crippen molar-refractivity contribution in [1.82, 2.24) is 5.32 Å². The number of para-hydroxylation sites is 1. The Morgan fingerprint density at radius 2 is 2.05 bits per heavy atom. The summed E-state index contributed by atoms with van der Waals surface area (Å²) in [7, 11) is 0. The molecule has 0 saturated carbocycles. The van der Waals surface area contributed by atoms with Crippen LogP contribution in [0.2, 0.25) is 0 Å². The van der Waals surface area contributed by atoms with Gasteiger partial charge in [0.25, 0.3) is 5.91 Å². The predicted octanol–water partition coefficient (Wildman–Crippen LogP) is 2.85. The number of benzene rings is 1. The number of rotatable bonds is 3. The molecular formula is C15H18BrFN2O2. The molecule has 1 fully saturated rings. The Bertz CT molecular complexity index is 557. The van der Waals surface area contributed by atoms with E-state index >= 15 is 0 Å². The summed E-state index contributed by atoms with van der Waals surface area (Å²) in [6.45, 7) is 5.50. The Morgan fingerprint density at radius 1 is 1.38 bits per heavy atom.